The molecule has 4 aliphatic carbocycles. The fourth-order valence-corrected chi connectivity index (χ4v) is 10.0. The predicted octanol–water partition coefficient (Wildman–Crippen LogP) is 2.05. The zero-order valence-electron chi connectivity index (χ0n) is 33.9. The fraction of sp³-hybridized carbons (Fsp3) is 0.585. The molecule has 0 bridgehead atoms. The summed E-state index contributed by atoms with van der Waals surface area (Å²) in [5, 5.41) is 57.0. The van der Waals surface area contributed by atoms with Crippen molar-refractivity contribution in [1.82, 2.24) is 10.2 Å². The van der Waals surface area contributed by atoms with Crippen LogP contribution in [-0.2, 0) is 38.1 Å². The number of epoxide rings is 2. The standard InChI is InChI=1S/C22H24N2O8.C19H28ClNO6/c1-7-8-5-4-6-9(25)11(8)16(26)12-10(7)17(27)14-15(24(2)3)18(28)13(21(23)31)20(30)22(14,32)19(12)29;1-11(2)5-6-13-18(3,27-13)16-15(24-4)12(7-8-19(16)10-25-19)26-17(23)21-14(22)9-20/h4-7,10,14-15,17,25-27,30,32H,1-3H3,(H2,23,31);5,12-13,15-16H,6-10H2,1-4H3,(H,21,22,23)/t7-,10+,14+,15-,17-,22-;12-,13-,15-,16-,18+,19+/m01/s1. The zero-order valence-corrected chi connectivity index (χ0v) is 34.6. The van der Waals surface area contributed by atoms with Crippen molar-refractivity contribution in [1.29, 1.82) is 0 Å². The summed E-state index contributed by atoms with van der Waals surface area (Å²) in [4.78, 5) is 63.3. The third-order valence-electron chi connectivity index (χ3n) is 12.9. The molecule has 2 heterocycles. The summed E-state index contributed by atoms with van der Waals surface area (Å²) in [6.07, 6.45) is 1.19. The topological polar surface area (TPSA) is 271 Å². The Morgan fingerprint density at radius 2 is 1.81 bits per heavy atom. The summed E-state index contributed by atoms with van der Waals surface area (Å²) in [6.45, 7) is 8.55. The van der Waals surface area contributed by atoms with Crippen molar-refractivity contribution in [3.05, 3.63) is 57.9 Å². The van der Waals surface area contributed by atoms with Gasteiger partial charge in [0.05, 0.1) is 42.3 Å². The summed E-state index contributed by atoms with van der Waals surface area (Å²) in [6, 6.07) is 3.13. The van der Waals surface area contributed by atoms with Gasteiger partial charge in [-0.15, -0.1) is 11.6 Å². The van der Waals surface area contributed by atoms with Crippen LogP contribution >= 0.6 is 11.6 Å². The first kappa shape index (κ1) is 44.2. The maximum absolute atomic E-state index is 13.7. The molecule has 322 valence electrons. The van der Waals surface area contributed by atoms with Crippen LogP contribution in [0.3, 0.4) is 0 Å². The number of nitrogens with zero attached hydrogens (tertiary/aromatic N) is 1. The number of benzene rings is 1. The van der Waals surface area contributed by atoms with E-state index in [9.17, 15) is 49.5 Å². The molecule has 2 aliphatic heterocycles. The first-order valence-electron chi connectivity index (χ1n) is 19.3. The van der Waals surface area contributed by atoms with Crippen molar-refractivity contribution in [2.75, 3.05) is 33.7 Å². The van der Waals surface area contributed by atoms with Gasteiger partial charge in [0.1, 0.15) is 52.1 Å². The Bertz CT molecular complexity index is 2040. The maximum atomic E-state index is 13.7. The largest absolute Gasteiger partial charge is 0.508 e. The van der Waals surface area contributed by atoms with E-state index in [1.165, 1.54) is 30.6 Å². The number of carbonyl (C=O) groups is 5. The highest BCUT2D eigenvalue weighted by Crippen LogP contribution is 2.60. The van der Waals surface area contributed by atoms with Gasteiger partial charge in [-0.2, -0.15) is 0 Å². The first-order chi connectivity index (χ1) is 27.6. The van der Waals surface area contributed by atoms with E-state index in [-0.39, 0.29) is 40.9 Å². The van der Waals surface area contributed by atoms with E-state index in [2.05, 4.69) is 32.2 Å². The van der Waals surface area contributed by atoms with Crippen molar-refractivity contribution in [2.45, 2.75) is 100 Å². The second kappa shape index (κ2) is 15.9. The number of hydrogen-bond acceptors (Lipinski definition) is 15. The van der Waals surface area contributed by atoms with Crippen LogP contribution < -0.4 is 11.1 Å². The molecule has 0 unspecified atom stereocenters. The Labute approximate surface area is 345 Å². The number of ether oxygens (including phenoxy) is 4. The fourth-order valence-electron chi connectivity index (χ4n) is 9.96. The number of rotatable bonds is 8. The highest BCUT2D eigenvalue weighted by atomic mass is 35.5. The number of halogens is 1. The monoisotopic (exact) mass is 845 g/mol. The van der Waals surface area contributed by atoms with Crippen LogP contribution in [0.5, 0.6) is 5.75 Å². The molecule has 1 spiro atoms. The quantitative estimate of drug-likeness (QED) is 0.0854. The third-order valence-corrected chi connectivity index (χ3v) is 13.1. The second-order valence-corrected chi connectivity index (χ2v) is 17.1. The van der Waals surface area contributed by atoms with Crippen LogP contribution in [0.25, 0.3) is 5.76 Å². The summed E-state index contributed by atoms with van der Waals surface area (Å²) < 4.78 is 23.2. The van der Waals surface area contributed by atoms with Gasteiger partial charge in [0.25, 0.3) is 5.91 Å². The lowest BCUT2D eigenvalue weighted by atomic mass is 9.54. The van der Waals surface area contributed by atoms with Gasteiger partial charge in [-0.3, -0.25) is 29.4 Å². The molecular weight excluding hydrogens is 794 g/mol. The van der Waals surface area contributed by atoms with Gasteiger partial charge in [0.2, 0.25) is 11.7 Å². The number of methoxy groups -OCH3 is 1. The van der Waals surface area contributed by atoms with Crippen LogP contribution in [0.15, 0.2) is 46.8 Å². The number of alkyl halides is 1. The number of phenols is 1. The number of carbonyl (C=O) groups excluding carboxylic acids is 5. The van der Waals surface area contributed by atoms with E-state index < -0.39 is 99.3 Å². The van der Waals surface area contributed by atoms with Crippen LogP contribution in [0.2, 0.25) is 0 Å². The van der Waals surface area contributed by atoms with E-state index >= 15 is 0 Å². The first-order valence-corrected chi connectivity index (χ1v) is 19.8. The number of nitrogens with one attached hydrogen (secondary N) is 1. The van der Waals surface area contributed by atoms with Gasteiger partial charge in [0, 0.05) is 18.6 Å². The molecule has 1 aromatic carbocycles. The van der Waals surface area contributed by atoms with E-state index in [1.807, 2.05) is 0 Å². The number of alkyl carbamates (subject to hydrolysis) is 1. The summed E-state index contributed by atoms with van der Waals surface area (Å²) in [5.74, 6) is -9.82. The number of nitrogens with two attached hydrogens (primary N) is 1. The molecular formula is C41H52ClN3O14. The Balaban J connectivity index is 0.000000201. The highest BCUT2D eigenvalue weighted by molar-refractivity contribution is 6.28. The summed E-state index contributed by atoms with van der Waals surface area (Å²) in [7, 11) is 4.53. The van der Waals surface area contributed by atoms with Crippen molar-refractivity contribution in [3.63, 3.8) is 0 Å². The van der Waals surface area contributed by atoms with Gasteiger partial charge >= 0.3 is 6.09 Å². The average Bonchev–Trinajstić information content (AvgIpc) is 4.09. The van der Waals surface area contributed by atoms with Crippen LogP contribution in [0.1, 0.15) is 64.0 Å². The van der Waals surface area contributed by atoms with Gasteiger partial charge in [-0.05, 0) is 71.7 Å². The number of primary amides is 1. The summed E-state index contributed by atoms with van der Waals surface area (Å²) in [5.41, 5.74) is 2.04. The molecule has 8 N–H and O–H groups in total. The van der Waals surface area contributed by atoms with Gasteiger partial charge in [0.15, 0.2) is 11.4 Å². The van der Waals surface area contributed by atoms with E-state index in [0.717, 1.165) is 12.8 Å². The SMILES string of the molecule is CO[C@@H]1[C@H](OC(=O)NC(=O)CCl)CC[C@]2(CO2)[C@H]1[C@@]1(C)O[C@@H]1CC=C(C)C.C[C@H]1c2cccc(O)c2C(O)=C2C(=O)[C@]3(O)C(O)=C(C(N)=O)C(=O)[C@@H](N(C)C)[C@@H]3[C@@H](O)[C@@H]21. The highest BCUT2D eigenvalue weighted by Gasteiger charge is 2.72. The molecule has 59 heavy (non-hydrogen) atoms. The van der Waals surface area contributed by atoms with Crippen LogP contribution in [0, 0.1) is 17.8 Å². The second-order valence-electron chi connectivity index (χ2n) is 16.8. The average molecular weight is 846 g/mol. The molecule has 1 aromatic rings. The lowest BCUT2D eigenvalue weighted by Crippen LogP contribution is -2.70. The Morgan fingerprint density at radius 1 is 1.15 bits per heavy atom. The van der Waals surface area contributed by atoms with Gasteiger partial charge in [-0.25, -0.2) is 4.79 Å². The number of Topliss-reactive ketones (excluding diaryl/α,β-unsaturated/α-hetero) is 2. The number of hydrogen-bond donors (Lipinski definition) is 7. The molecule has 4 fully saturated rings. The number of aromatic hydroxyl groups is 1. The molecule has 2 saturated carbocycles. The number of amides is 3. The molecule has 7 rings (SSSR count). The number of allylic oxidation sites excluding steroid dienone is 1. The summed E-state index contributed by atoms with van der Waals surface area (Å²) >= 11 is 5.42. The number of aliphatic hydroxyl groups excluding tert-OH is 3. The molecule has 3 amide bonds. The van der Waals surface area contributed by atoms with Gasteiger partial charge in [-0.1, -0.05) is 30.7 Å². The maximum Gasteiger partial charge on any atom is 0.414 e. The smallest absolute Gasteiger partial charge is 0.414 e. The molecule has 12 atom stereocenters. The molecule has 18 heteroatoms. The lowest BCUT2D eigenvalue weighted by molar-refractivity contribution is -0.169. The third kappa shape index (κ3) is 7.23. The van der Waals surface area contributed by atoms with Crippen LogP contribution in [-0.4, -0.2) is 141 Å². The predicted molar refractivity (Wildman–Crippen MR) is 209 cm³/mol. The molecule has 0 radical (unpaired) electrons. The number of phenolic OH excluding ortho intramolecular Hbond substituents is 1. The van der Waals surface area contributed by atoms with Crippen LogP contribution in [0.4, 0.5) is 4.79 Å². The van der Waals surface area contributed by atoms with E-state index in [1.54, 1.807) is 26.2 Å². The minimum absolute atomic E-state index is 0.0245. The van der Waals surface area contributed by atoms with E-state index in [0.29, 0.717) is 18.6 Å². The number of fused-ring (bicyclic) bond motifs is 3. The van der Waals surface area contributed by atoms with Crippen molar-refractivity contribution >= 4 is 46.8 Å². The van der Waals surface area contributed by atoms with Crippen molar-refractivity contribution < 1.29 is 68.5 Å². The van der Waals surface area contributed by atoms with E-state index in [4.69, 9.17) is 36.3 Å². The molecule has 2 saturated heterocycles. The minimum Gasteiger partial charge on any atom is -0.508 e. The number of likely N-dealkylation sites (N-methyl/N-ethyl adjacent to an activating group) is 1. The Morgan fingerprint density at radius 3 is 2.37 bits per heavy atom. The lowest BCUT2D eigenvalue weighted by Gasteiger charge is -2.53. The van der Waals surface area contributed by atoms with Gasteiger partial charge < -0.3 is 50.2 Å². The van der Waals surface area contributed by atoms with Crippen molar-refractivity contribution in [2.24, 2.45) is 23.5 Å². The Hall–Kier alpha value is -4.36. The molecule has 0 aromatic heterocycles. The molecule has 17 nitrogen and oxygen atoms in total. The number of imide groups is 1. The molecule has 6 aliphatic rings. The zero-order chi connectivity index (χ0) is 43.7. The minimum atomic E-state index is -2.89. The van der Waals surface area contributed by atoms with Crippen molar-refractivity contribution in [3.8, 4) is 5.75 Å². The normalized spacial score (nSPS) is 36.8. The Kier molecular flexibility index (Phi) is 11.9. The number of aliphatic hydroxyl groups is 4. The number of ketones is 2.